The largest absolute Gasteiger partial charge is 0.489 e. The Hall–Kier alpha value is -3.67. The summed E-state index contributed by atoms with van der Waals surface area (Å²) in [5.41, 5.74) is 2.27. The van der Waals surface area contributed by atoms with E-state index in [4.69, 9.17) is 4.74 Å². The second-order valence-corrected chi connectivity index (χ2v) is 7.86. The first-order valence-electron chi connectivity index (χ1n) is 10.7. The Labute approximate surface area is 186 Å². The fourth-order valence-corrected chi connectivity index (χ4v) is 3.74. The van der Waals surface area contributed by atoms with Gasteiger partial charge in [-0.25, -0.2) is 4.39 Å². The predicted octanol–water partition coefficient (Wildman–Crippen LogP) is 4.90. The number of likely N-dealkylation sites (tertiary alicyclic amines) is 1. The van der Waals surface area contributed by atoms with Gasteiger partial charge in [-0.15, -0.1) is 0 Å². The van der Waals surface area contributed by atoms with E-state index in [1.54, 1.807) is 4.90 Å². The van der Waals surface area contributed by atoms with Crippen LogP contribution in [0.25, 0.3) is 0 Å². The number of carbonyl (C=O) groups excluding carboxylic acids is 2. The number of amides is 2. The lowest BCUT2D eigenvalue weighted by Gasteiger charge is -2.31. The maximum Gasteiger partial charge on any atom is 0.253 e. The standard InChI is InChI=1S/C26H25FN2O3/c27-22-8-6-21(7-9-22)26(31)29-16-14-20(15-17-29)25(30)28-23-10-12-24(13-11-23)32-18-19-4-2-1-3-5-19/h1-13,20H,14-18H2,(H,28,30). The third-order valence-electron chi connectivity index (χ3n) is 5.61. The molecule has 1 N–H and O–H groups in total. The molecule has 4 rings (SSSR count). The van der Waals surface area contributed by atoms with Crippen LogP contribution in [-0.2, 0) is 11.4 Å². The van der Waals surface area contributed by atoms with Crippen LogP contribution in [0.3, 0.4) is 0 Å². The molecular formula is C26H25FN2O3. The molecule has 0 aromatic heterocycles. The Morgan fingerprint density at radius 3 is 2.22 bits per heavy atom. The molecule has 6 heteroatoms. The molecule has 0 saturated carbocycles. The maximum absolute atomic E-state index is 13.1. The molecule has 1 aliphatic heterocycles. The number of carbonyl (C=O) groups is 2. The van der Waals surface area contributed by atoms with Crippen LogP contribution in [0, 0.1) is 11.7 Å². The molecular weight excluding hydrogens is 407 g/mol. The second-order valence-electron chi connectivity index (χ2n) is 7.86. The molecule has 0 spiro atoms. The van der Waals surface area contributed by atoms with Crippen molar-refractivity contribution in [2.24, 2.45) is 5.92 Å². The van der Waals surface area contributed by atoms with E-state index < -0.39 is 0 Å². The monoisotopic (exact) mass is 432 g/mol. The van der Waals surface area contributed by atoms with Crippen LogP contribution in [0.15, 0.2) is 78.9 Å². The van der Waals surface area contributed by atoms with Gasteiger partial charge >= 0.3 is 0 Å². The molecule has 0 radical (unpaired) electrons. The van der Waals surface area contributed by atoms with Gasteiger partial charge in [0.05, 0.1) is 0 Å². The Kier molecular flexibility index (Phi) is 6.80. The lowest BCUT2D eigenvalue weighted by molar-refractivity contribution is -0.121. The van der Waals surface area contributed by atoms with Gasteiger partial charge in [-0.2, -0.15) is 0 Å². The minimum absolute atomic E-state index is 0.0446. The van der Waals surface area contributed by atoms with E-state index in [0.29, 0.717) is 43.8 Å². The van der Waals surface area contributed by atoms with Crippen molar-refractivity contribution in [3.63, 3.8) is 0 Å². The van der Waals surface area contributed by atoms with Crippen molar-refractivity contribution in [2.75, 3.05) is 18.4 Å². The Bertz CT molecular complexity index is 1040. The van der Waals surface area contributed by atoms with Gasteiger partial charge in [0.25, 0.3) is 5.91 Å². The average Bonchev–Trinajstić information content (AvgIpc) is 2.84. The van der Waals surface area contributed by atoms with E-state index in [2.05, 4.69) is 5.32 Å². The number of nitrogens with zero attached hydrogens (tertiary/aromatic N) is 1. The van der Waals surface area contributed by atoms with Crippen molar-refractivity contribution in [1.29, 1.82) is 0 Å². The highest BCUT2D eigenvalue weighted by molar-refractivity contribution is 5.95. The smallest absolute Gasteiger partial charge is 0.253 e. The van der Waals surface area contributed by atoms with Crippen LogP contribution in [0.5, 0.6) is 5.75 Å². The van der Waals surface area contributed by atoms with Gasteiger partial charge in [0.2, 0.25) is 5.91 Å². The molecule has 0 aliphatic carbocycles. The van der Waals surface area contributed by atoms with Crippen molar-refractivity contribution in [3.05, 3.63) is 95.8 Å². The molecule has 0 unspecified atom stereocenters. The molecule has 3 aromatic rings. The van der Waals surface area contributed by atoms with Gasteiger partial charge in [0.1, 0.15) is 18.2 Å². The summed E-state index contributed by atoms with van der Waals surface area (Å²) in [5.74, 6) is 0.0419. The summed E-state index contributed by atoms with van der Waals surface area (Å²) in [7, 11) is 0. The summed E-state index contributed by atoms with van der Waals surface area (Å²) >= 11 is 0. The molecule has 0 atom stereocenters. The summed E-state index contributed by atoms with van der Waals surface area (Å²) in [5, 5.41) is 2.96. The van der Waals surface area contributed by atoms with Gasteiger partial charge in [0.15, 0.2) is 0 Å². The highest BCUT2D eigenvalue weighted by Crippen LogP contribution is 2.22. The number of nitrogens with one attached hydrogen (secondary N) is 1. The highest BCUT2D eigenvalue weighted by atomic mass is 19.1. The first-order chi connectivity index (χ1) is 15.6. The van der Waals surface area contributed by atoms with Crippen molar-refractivity contribution >= 4 is 17.5 Å². The normalized spacial score (nSPS) is 14.1. The van der Waals surface area contributed by atoms with Crippen LogP contribution in [0.2, 0.25) is 0 Å². The van der Waals surface area contributed by atoms with Crippen molar-refractivity contribution < 1.29 is 18.7 Å². The van der Waals surface area contributed by atoms with Gasteiger partial charge < -0.3 is 15.0 Å². The van der Waals surface area contributed by atoms with Crippen molar-refractivity contribution in [3.8, 4) is 5.75 Å². The molecule has 164 valence electrons. The minimum atomic E-state index is -0.368. The quantitative estimate of drug-likeness (QED) is 0.603. The number of hydrogen-bond acceptors (Lipinski definition) is 3. The molecule has 3 aromatic carbocycles. The van der Waals surface area contributed by atoms with Crippen LogP contribution >= 0.6 is 0 Å². The molecule has 5 nitrogen and oxygen atoms in total. The number of anilines is 1. The van der Waals surface area contributed by atoms with Crippen molar-refractivity contribution in [1.82, 2.24) is 4.90 Å². The minimum Gasteiger partial charge on any atom is -0.489 e. The lowest BCUT2D eigenvalue weighted by atomic mass is 9.95. The maximum atomic E-state index is 13.1. The van der Waals surface area contributed by atoms with Gasteiger partial charge in [-0.05, 0) is 66.9 Å². The highest BCUT2D eigenvalue weighted by Gasteiger charge is 2.27. The molecule has 1 fully saturated rings. The van der Waals surface area contributed by atoms with Crippen LogP contribution in [-0.4, -0.2) is 29.8 Å². The Morgan fingerprint density at radius 2 is 1.56 bits per heavy atom. The molecule has 2 amide bonds. The summed E-state index contributed by atoms with van der Waals surface area (Å²) in [6, 6.07) is 22.8. The number of rotatable bonds is 6. The summed E-state index contributed by atoms with van der Waals surface area (Å²) < 4.78 is 18.8. The number of piperidine rings is 1. The Balaban J connectivity index is 1.24. The number of ether oxygens (including phenoxy) is 1. The lowest BCUT2D eigenvalue weighted by Crippen LogP contribution is -2.41. The zero-order valence-corrected chi connectivity index (χ0v) is 17.7. The van der Waals surface area contributed by atoms with E-state index in [0.717, 1.165) is 11.3 Å². The second kappa shape index (κ2) is 10.1. The van der Waals surface area contributed by atoms with Crippen molar-refractivity contribution in [2.45, 2.75) is 19.4 Å². The molecule has 1 heterocycles. The van der Waals surface area contributed by atoms with Gasteiger partial charge in [-0.1, -0.05) is 30.3 Å². The first-order valence-corrected chi connectivity index (χ1v) is 10.7. The van der Waals surface area contributed by atoms with E-state index in [9.17, 15) is 14.0 Å². The average molecular weight is 432 g/mol. The van der Waals surface area contributed by atoms with E-state index in [1.807, 2.05) is 54.6 Å². The Morgan fingerprint density at radius 1 is 0.906 bits per heavy atom. The van der Waals surface area contributed by atoms with Gasteiger partial charge in [-0.3, -0.25) is 9.59 Å². The molecule has 1 saturated heterocycles. The number of halogens is 1. The summed E-state index contributed by atoms with van der Waals surface area (Å²) in [6.45, 7) is 1.49. The zero-order chi connectivity index (χ0) is 22.3. The fraction of sp³-hybridized carbons (Fsp3) is 0.231. The van der Waals surface area contributed by atoms with E-state index in [-0.39, 0.29) is 23.5 Å². The summed E-state index contributed by atoms with van der Waals surface area (Å²) in [4.78, 5) is 26.9. The van der Waals surface area contributed by atoms with Crippen LogP contribution in [0.4, 0.5) is 10.1 Å². The number of hydrogen-bond donors (Lipinski definition) is 1. The van der Waals surface area contributed by atoms with E-state index >= 15 is 0 Å². The molecule has 0 bridgehead atoms. The number of benzene rings is 3. The van der Waals surface area contributed by atoms with Crippen LogP contribution in [0.1, 0.15) is 28.8 Å². The third kappa shape index (κ3) is 5.52. The predicted molar refractivity (Wildman–Crippen MR) is 121 cm³/mol. The topological polar surface area (TPSA) is 58.6 Å². The van der Waals surface area contributed by atoms with Gasteiger partial charge in [0, 0.05) is 30.3 Å². The van der Waals surface area contributed by atoms with E-state index in [1.165, 1.54) is 24.3 Å². The van der Waals surface area contributed by atoms with Crippen LogP contribution < -0.4 is 10.1 Å². The third-order valence-corrected chi connectivity index (χ3v) is 5.61. The molecule has 32 heavy (non-hydrogen) atoms. The SMILES string of the molecule is O=C(Nc1ccc(OCc2ccccc2)cc1)C1CCN(C(=O)c2ccc(F)cc2)CC1. The fourth-order valence-electron chi connectivity index (χ4n) is 3.74. The zero-order valence-electron chi connectivity index (χ0n) is 17.7. The molecule has 1 aliphatic rings. The summed E-state index contributed by atoms with van der Waals surface area (Å²) in [6.07, 6.45) is 1.19. The first kappa shape index (κ1) is 21.6.